The van der Waals surface area contributed by atoms with Gasteiger partial charge in [-0.1, -0.05) is 0 Å². The van der Waals surface area contributed by atoms with Crippen LogP contribution in [0.1, 0.15) is 6.92 Å². The van der Waals surface area contributed by atoms with Crippen molar-refractivity contribution in [1.82, 2.24) is 0 Å². The molecule has 0 aliphatic carbocycles. The predicted octanol–water partition coefficient (Wildman–Crippen LogP) is -5.91. The molecule has 3 heterocycles. The van der Waals surface area contributed by atoms with Crippen LogP contribution in [0.25, 0.3) is 0 Å². The summed E-state index contributed by atoms with van der Waals surface area (Å²) in [5.41, 5.74) is 0. The van der Waals surface area contributed by atoms with Crippen LogP contribution in [-0.2, 0) is 23.7 Å². The second-order valence-corrected chi connectivity index (χ2v) is 7.87. The van der Waals surface area contributed by atoms with E-state index in [9.17, 15) is 46.0 Å². The highest BCUT2D eigenvalue weighted by atomic mass is 16.7. The summed E-state index contributed by atoms with van der Waals surface area (Å²) in [5, 5.41) is 89.9. The number of aliphatic hydroxyl groups excluding tert-OH is 9. The van der Waals surface area contributed by atoms with Crippen LogP contribution in [0, 0.1) is 0 Å². The molecular weight excluding hydrogens is 428 g/mol. The van der Waals surface area contributed by atoms with Gasteiger partial charge in [0.1, 0.15) is 61.0 Å². The van der Waals surface area contributed by atoms with Gasteiger partial charge < -0.3 is 69.6 Å². The molecule has 0 aromatic heterocycles. The van der Waals surface area contributed by atoms with Crippen LogP contribution >= 0.6 is 0 Å². The van der Waals surface area contributed by atoms with Crippen molar-refractivity contribution in [1.29, 1.82) is 0 Å². The predicted molar refractivity (Wildman–Crippen MR) is 93.8 cm³/mol. The minimum atomic E-state index is -1.78. The van der Waals surface area contributed by atoms with Gasteiger partial charge in [-0.25, -0.2) is 0 Å². The molecule has 14 atom stereocenters. The topological polar surface area (TPSA) is 228 Å². The smallest absolute Gasteiger partial charge is 0.187 e. The minimum Gasteiger partial charge on any atom is -0.394 e. The zero-order chi connectivity index (χ0) is 23.0. The Morgan fingerprint density at radius 3 is 1.97 bits per heavy atom. The molecule has 0 amide bonds. The van der Waals surface area contributed by atoms with Crippen LogP contribution in [0.15, 0.2) is 0 Å². The van der Waals surface area contributed by atoms with Gasteiger partial charge in [-0.2, -0.15) is 0 Å². The lowest BCUT2D eigenvalue weighted by Crippen LogP contribution is -2.65. The summed E-state index contributed by atoms with van der Waals surface area (Å²) in [6.07, 6.45) is -21.4. The van der Waals surface area contributed by atoms with Gasteiger partial charge >= 0.3 is 0 Å². The van der Waals surface area contributed by atoms with Crippen LogP contribution in [0.4, 0.5) is 0 Å². The minimum absolute atomic E-state index is 0.339. The Hall–Kier alpha value is -0.560. The fourth-order valence-corrected chi connectivity index (χ4v) is 3.69. The molecule has 9 N–H and O–H groups in total. The summed E-state index contributed by atoms with van der Waals surface area (Å²) < 4.78 is 26.4. The molecule has 3 fully saturated rings. The molecule has 0 aromatic rings. The Morgan fingerprint density at radius 1 is 0.710 bits per heavy atom. The molecule has 0 unspecified atom stereocenters. The maximum atomic E-state index is 10.6. The number of aliphatic hydroxyl groups is 9. The van der Waals surface area contributed by atoms with Crippen molar-refractivity contribution in [2.45, 2.75) is 92.9 Å². The first-order valence-electron chi connectivity index (χ1n) is 9.85. The lowest BCUT2D eigenvalue weighted by atomic mass is 9.97. The highest BCUT2D eigenvalue weighted by molar-refractivity contribution is 4.94. The molecule has 3 aliphatic rings. The largest absolute Gasteiger partial charge is 0.394 e. The van der Waals surface area contributed by atoms with Crippen molar-refractivity contribution in [2.75, 3.05) is 13.2 Å². The molecule has 31 heavy (non-hydrogen) atoms. The molecule has 0 bridgehead atoms. The SMILES string of the molecule is C[C@H]1O[C@@H](O[C@@H]2[C@@H](O)[C@H](O)CO[C@H]2O)[C@H](O)[C@@H](O[C@H]2O[C@H](CO)[C@H](O)[C@H](O)[C@H]2O)[C@H]1O. The van der Waals surface area contributed by atoms with Crippen molar-refractivity contribution < 1.29 is 69.6 Å². The average Bonchev–Trinajstić information content (AvgIpc) is 2.74. The number of hydrogen-bond acceptors (Lipinski definition) is 14. The van der Waals surface area contributed by atoms with Crippen molar-refractivity contribution in [3.8, 4) is 0 Å². The van der Waals surface area contributed by atoms with Gasteiger partial charge in [-0.05, 0) is 6.92 Å². The molecule has 3 rings (SSSR count). The highest BCUT2D eigenvalue weighted by Gasteiger charge is 2.51. The zero-order valence-corrected chi connectivity index (χ0v) is 16.6. The third-order valence-electron chi connectivity index (χ3n) is 5.66. The summed E-state index contributed by atoms with van der Waals surface area (Å²) in [6.45, 7) is 0.371. The highest BCUT2D eigenvalue weighted by Crippen LogP contribution is 2.31. The lowest BCUT2D eigenvalue weighted by Gasteiger charge is -2.47. The number of hydrogen-bond donors (Lipinski definition) is 9. The Morgan fingerprint density at radius 2 is 1.32 bits per heavy atom. The van der Waals surface area contributed by atoms with Gasteiger partial charge in [0.2, 0.25) is 0 Å². The van der Waals surface area contributed by atoms with E-state index in [1.807, 2.05) is 0 Å². The fourth-order valence-electron chi connectivity index (χ4n) is 3.69. The van der Waals surface area contributed by atoms with E-state index in [-0.39, 0.29) is 6.61 Å². The molecular formula is C17H30O14. The Balaban J connectivity index is 1.72. The van der Waals surface area contributed by atoms with Crippen molar-refractivity contribution in [3.05, 3.63) is 0 Å². The first-order chi connectivity index (χ1) is 14.6. The maximum Gasteiger partial charge on any atom is 0.187 e. The molecule has 0 saturated carbocycles. The summed E-state index contributed by atoms with van der Waals surface area (Å²) in [4.78, 5) is 0. The quantitative estimate of drug-likeness (QED) is 0.187. The maximum absolute atomic E-state index is 10.6. The van der Waals surface area contributed by atoms with Gasteiger partial charge in [0.05, 0.1) is 19.3 Å². The molecule has 0 radical (unpaired) electrons. The standard InChI is InChI=1S/C17H30O14/c1-4-7(20)13(30-16-11(24)10(23)9(22)6(2-18)29-16)12(25)17(28-4)31-14-8(21)5(19)3-27-15(14)26/h4-26H,2-3H2,1H3/t4-,5-,6-,7+,8+,9+,10+,11-,12-,13+,14-,15-,16-,17+/m1/s1. The van der Waals surface area contributed by atoms with Crippen LogP contribution < -0.4 is 0 Å². The van der Waals surface area contributed by atoms with E-state index in [0.29, 0.717) is 0 Å². The van der Waals surface area contributed by atoms with Crippen LogP contribution in [0.5, 0.6) is 0 Å². The number of rotatable bonds is 5. The second kappa shape index (κ2) is 10.1. The summed E-state index contributed by atoms with van der Waals surface area (Å²) in [7, 11) is 0. The van der Waals surface area contributed by atoms with E-state index in [0.717, 1.165) is 0 Å². The van der Waals surface area contributed by atoms with E-state index >= 15 is 0 Å². The fraction of sp³-hybridized carbons (Fsp3) is 1.00. The lowest BCUT2D eigenvalue weighted by molar-refractivity contribution is -0.375. The third kappa shape index (κ3) is 5.02. The van der Waals surface area contributed by atoms with Gasteiger partial charge in [0, 0.05) is 0 Å². The van der Waals surface area contributed by atoms with E-state index in [2.05, 4.69) is 0 Å². The summed E-state index contributed by atoms with van der Waals surface area (Å²) >= 11 is 0. The molecule has 182 valence electrons. The first-order valence-corrected chi connectivity index (χ1v) is 9.85. The zero-order valence-electron chi connectivity index (χ0n) is 16.6. The normalized spacial score (nSPS) is 54.0. The van der Waals surface area contributed by atoms with E-state index < -0.39 is 92.6 Å². The van der Waals surface area contributed by atoms with Gasteiger partial charge in [-0.3, -0.25) is 0 Å². The van der Waals surface area contributed by atoms with Gasteiger partial charge in [0.25, 0.3) is 0 Å². The molecule has 0 aromatic carbocycles. The summed E-state index contributed by atoms with van der Waals surface area (Å²) in [6, 6.07) is 0. The van der Waals surface area contributed by atoms with Crippen molar-refractivity contribution in [2.24, 2.45) is 0 Å². The van der Waals surface area contributed by atoms with Gasteiger partial charge in [0.15, 0.2) is 18.9 Å². The molecule has 14 heteroatoms. The molecule has 3 saturated heterocycles. The van der Waals surface area contributed by atoms with Gasteiger partial charge in [-0.15, -0.1) is 0 Å². The monoisotopic (exact) mass is 458 g/mol. The van der Waals surface area contributed by atoms with Crippen molar-refractivity contribution in [3.63, 3.8) is 0 Å². The summed E-state index contributed by atoms with van der Waals surface area (Å²) in [5.74, 6) is 0. The molecule has 0 spiro atoms. The van der Waals surface area contributed by atoms with Crippen molar-refractivity contribution >= 4 is 0 Å². The Labute approximate surface area is 176 Å². The molecule has 3 aliphatic heterocycles. The first kappa shape index (κ1) is 25.1. The molecule has 14 nitrogen and oxygen atoms in total. The Kier molecular flexibility index (Phi) is 8.21. The Bertz CT molecular complexity index is 579. The van der Waals surface area contributed by atoms with E-state index in [1.165, 1.54) is 6.92 Å². The van der Waals surface area contributed by atoms with E-state index in [4.69, 9.17) is 23.7 Å². The number of ether oxygens (including phenoxy) is 5. The average molecular weight is 458 g/mol. The van der Waals surface area contributed by atoms with Crippen LogP contribution in [-0.4, -0.2) is 145 Å². The van der Waals surface area contributed by atoms with E-state index in [1.54, 1.807) is 0 Å². The third-order valence-corrected chi connectivity index (χ3v) is 5.66. The second-order valence-electron chi connectivity index (χ2n) is 7.87. The van der Waals surface area contributed by atoms with Crippen LogP contribution in [0.3, 0.4) is 0 Å². The van der Waals surface area contributed by atoms with Crippen LogP contribution in [0.2, 0.25) is 0 Å².